The maximum atomic E-state index is 10.3. The highest BCUT2D eigenvalue weighted by Gasteiger charge is 2.23. The first-order valence-corrected chi connectivity index (χ1v) is 12.8. The van der Waals surface area contributed by atoms with Gasteiger partial charge in [-0.1, -0.05) is 24.3 Å². The molecule has 0 spiro atoms. The number of nitrogen functional groups attached to an aromatic ring is 1. The van der Waals surface area contributed by atoms with E-state index in [1.54, 1.807) is 4.68 Å². The first kappa shape index (κ1) is 22.1. The first-order chi connectivity index (χ1) is 17.4. The van der Waals surface area contributed by atoms with Crippen LogP contribution in [0.3, 0.4) is 0 Å². The molecule has 6 rings (SSSR count). The first-order valence-electron chi connectivity index (χ1n) is 11.2. The topological polar surface area (TPSA) is 109 Å². The number of nitrogens with zero attached hydrogens (tertiary/aromatic N) is 6. The fraction of sp³-hybridized carbons (Fsp3) is 0.0769. The van der Waals surface area contributed by atoms with Gasteiger partial charge in [-0.05, 0) is 38.1 Å². The maximum Gasteiger partial charge on any atom is 0.223 e. The Labute approximate surface area is 214 Å². The highest BCUT2D eigenvalue weighted by molar-refractivity contribution is 7.20. The summed E-state index contributed by atoms with van der Waals surface area (Å²) in [6, 6.07) is 20.4. The molecule has 0 amide bonds. The zero-order chi connectivity index (χ0) is 25.1. The summed E-state index contributed by atoms with van der Waals surface area (Å²) >= 11 is 2.96. The maximum absolute atomic E-state index is 10.3. The molecule has 0 radical (unpaired) electrons. The molecule has 0 saturated heterocycles. The van der Waals surface area contributed by atoms with E-state index < -0.39 is 0 Å². The van der Waals surface area contributed by atoms with Gasteiger partial charge in [0.2, 0.25) is 7.98 Å². The van der Waals surface area contributed by atoms with Crippen molar-refractivity contribution >= 4 is 73.0 Å². The van der Waals surface area contributed by atoms with Gasteiger partial charge >= 0.3 is 0 Å². The molecule has 0 bridgehead atoms. The summed E-state index contributed by atoms with van der Waals surface area (Å²) in [7, 11) is 1.93. The van der Waals surface area contributed by atoms with Gasteiger partial charge in [0, 0.05) is 22.2 Å². The third kappa shape index (κ3) is 3.02. The van der Waals surface area contributed by atoms with Gasteiger partial charge in [-0.25, -0.2) is 9.97 Å². The van der Waals surface area contributed by atoms with Crippen LogP contribution in [0.2, 0.25) is 0 Å². The van der Waals surface area contributed by atoms with Gasteiger partial charge in [0.25, 0.3) is 0 Å². The summed E-state index contributed by atoms with van der Waals surface area (Å²) in [6.07, 6.45) is 0. The lowest BCUT2D eigenvalue weighted by molar-refractivity contribution is 0.924. The fourth-order valence-electron chi connectivity index (χ4n) is 4.75. The number of benzene rings is 2. The highest BCUT2D eigenvalue weighted by Crippen LogP contribution is 2.29. The van der Waals surface area contributed by atoms with Crippen molar-refractivity contribution in [1.29, 1.82) is 10.5 Å². The molecule has 0 aliphatic heterocycles. The SMILES string of the molecule is Bn1c(C)c2/c(=C(\C#N)c3nc4ccccc4s3)n(N)c(C)c2/c1=C(\C#N)c1nc2ccccc2s1. The molecule has 7 nitrogen and oxygen atoms in total. The Morgan fingerprint density at radius 2 is 1.28 bits per heavy atom. The lowest BCUT2D eigenvalue weighted by Gasteiger charge is -2.04. The number of para-hydroxylation sites is 2. The molecular formula is C26H18BN7S2. The van der Waals surface area contributed by atoms with Crippen LogP contribution >= 0.6 is 22.7 Å². The highest BCUT2D eigenvalue weighted by atomic mass is 32.1. The second kappa shape index (κ2) is 8.09. The van der Waals surface area contributed by atoms with E-state index in [4.69, 9.17) is 15.8 Å². The van der Waals surface area contributed by atoms with Crippen LogP contribution in [0.1, 0.15) is 21.4 Å². The van der Waals surface area contributed by atoms with Crippen LogP contribution < -0.4 is 16.5 Å². The van der Waals surface area contributed by atoms with Gasteiger partial charge in [0.05, 0.1) is 31.1 Å². The predicted octanol–water partition coefficient (Wildman–Crippen LogP) is 2.83. The lowest BCUT2D eigenvalue weighted by Crippen LogP contribution is -2.29. The Morgan fingerprint density at radius 1 is 0.806 bits per heavy atom. The quantitative estimate of drug-likeness (QED) is 0.289. The smallest absolute Gasteiger partial charge is 0.223 e. The summed E-state index contributed by atoms with van der Waals surface area (Å²) in [5.74, 6) is 6.60. The summed E-state index contributed by atoms with van der Waals surface area (Å²) in [6.45, 7) is 3.89. The van der Waals surface area contributed by atoms with Gasteiger partial charge in [-0.3, -0.25) is 4.68 Å². The Hall–Kier alpha value is -4.38. The minimum atomic E-state index is 0.413. The van der Waals surface area contributed by atoms with Crippen LogP contribution in [0, 0.1) is 36.5 Å². The Bertz CT molecular complexity index is 1860. The van der Waals surface area contributed by atoms with E-state index in [-0.39, 0.29) is 0 Å². The molecule has 2 aromatic carbocycles. The number of fused-ring (bicyclic) bond motifs is 3. The van der Waals surface area contributed by atoms with Gasteiger partial charge in [0.1, 0.15) is 33.3 Å². The van der Waals surface area contributed by atoms with Crippen molar-refractivity contribution in [2.75, 3.05) is 5.84 Å². The number of nitrogens with two attached hydrogens (primary N) is 1. The van der Waals surface area contributed by atoms with E-state index in [1.165, 1.54) is 22.7 Å². The minimum Gasteiger partial charge on any atom is -0.395 e. The Kier molecular flexibility index (Phi) is 4.97. The molecule has 0 atom stereocenters. The van der Waals surface area contributed by atoms with E-state index in [0.29, 0.717) is 26.5 Å². The number of rotatable bonds is 2. The number of aryl methyl sites for hydroxylation is 2. The Balaban J connectivity index is 1.78. The van der Waals surface area contributed by atoms with Crippen LogP contribution in [0.4, 0.5) is 0 Å². The third-order valence-electron chi connectivity index (χ3n) is 6.60. The van der Waals surface area contributed by atoms with Crippen LogP contribution in [-0.4, -0.2) is 27.1 Å². The molecular weight excluding hydrogens is 485 g/mol. The van der Waals surface area contributed by atoms with Crippen molar-refractivity contribution in [3.05, 3.63) is 80.6 Å². The average molecular weight is 503 g/mol. The molecule has 10 heteroatoms. The summed E-state index contributed by atoms with van der Waals surface area (Å²) in [5.41, 5.74) is 4.27. The van der Waals surface area contributed by atoms with E-state index in [0.717, 1.165) is 47.9 Å². The summed E-state index contributed by atoms with van der Waals surface area (Å²) in [5, 5.41) is 24.9. The van der Waals surface area contributed by atoms with Gasteiger partial charge in [-0.2, -0.15) is 10.5 Å². The molecule has 0 aliphatic rings. The van der Waals surface area contributed by atoms with Crippen molar-refractivity contribution in [2.24, 2.45) is 0 Å². The van der Waals surface area contributed by atoms with Crippen LogP contribution in [0.15, 0.2) is 48.5 Å². The molecule has 2 N–H and O–H groups in total. The standard InChI is InChI=1S/C26H18BN7S2/c1-13-21-22(23(33(13)27)15(11-28)25-31-17-7-3-5-9-19(17)35-25)14(2)34(30)24(21)16(12-29)26-32-18-8-4-6-10-20(18)36-26/h3-10H,27,30H2,1-2H3/b23-15-,24-16-. The molecule has 4 heterocycles. The molecule has 0 saturated carbocycles. The molecule has 0 fully saturated rings. The van der Waals surface area contributed by atoms with E-state index >= 15 is 0 Å². The molecule has 0 unspecified atom stereocenters. The number of nitriles is 2. The van der Waals surface area contributed by atoms with Crippen LogP contribution in [0.25, 0.3) is 42.4 Å². The number of thiazole rings is 2. The van der Waals surface area contributed by atoms with Crippen molar-refractivity contribution in [2.45, 2.75) is 13.8 Å². The second-order valence-corrected chi connectivity index (χ2v) is 10.6. The van der Waals surface area contributed by atoms with E-state index in [9.17, 15) is 10.5 Å². The van der Waals surface area contributed by atoms with Crippen molar-refractivity contribution in [1.82, 2.24) is 19.1 Å². The average Bonchev–Trinajstić information content (AvgIpc) is 3.62. The summed E-state index contributed by atoms with van der Waals surface area (Å²) < 4.78 is 5.58. The van der Waals surface area contributed by atoms with Crippen molar-refractivity contribution in [3.63, 3.8) is 0 Å². The Morgan fingerprint density at radius 3 is 1.78 bits per heavy atom. The van der Waals surface area contributed by atoms with Gasteiger partial charge in [0.15, 0.2) is 0 Å². The normalized spacial score (nSPS) is 13.2. The zero-order valence-electron chi connectivity index (χ0n) is 19.7. The van der Waals surface area contributed by atoms with Crippen LogP contribution in [0.5, 0.6) is 0 Å². The second-order valence-electron chi connectivity index (χ2n) is 8.49. The molecule has 4 aromatic heterocycles. The van der Waals surface area contributed by atoms with E-state index in [2.05, 4.69) is 12.1 Å². The van der Waals surface area contributed by atoms with Crippen LogP contribution in [-0.2, 0) is 0 Å². The zero-order valence-corrected chi connectivity index (χ0v) is 21.3. The largest absolute Gasteiger partial charge is 0.395 e. The molecule has 172 valence electrons. The fourth-order valence-corrected chi connectivity index (χ4v) is 6.68. The number of hydrogen-bond donors (Lipinski definition) is 1. The molecule has 36 heavy (non-hydrogen) atoms. The third-order valence-corrected chi connectivity index (χ3v) is 8.71. The molecule has 0 aliphatic carbocycles. The molecule has 6 aromatic rings. The lowest BCUT2D eigenvalue weighted by atomic mass is 10.1. The summed E-state index contributed by atoms with van der Waals surface area (Å²) in [4.78, 5) is 9.46. The van der Waals surface area contributed by atoms with Crippen molar-refractivity contribution < 1.29 is 0 Å². The monoisotopic (exact) mass is 503 g/mol. The minimum absolute atomic E-state index is 0.413. The van der Waals surface area contributed by atoms with Gasteiger partial charge in [-0.15, -0.1) is 22.7 Å². The van der Waals surface area contributed by atoms with Crippen molar-refractivity contribution in [3.8, 4) is 12.1 Å². The number of aromatic nitrogens is 4. The predicted molar refractivity (Wildman–Crippen MR) is 148 cm³/mol. The van der Waals surface area contributed by atoms with E-state index in [1.807, 2.05) is 74.8 Å². The number of hydrogen-bond acceptors (Lipinski definition) is 7. The van der Waals surface area contributed by atoms with Gasteiger partial charge < -0.3 is 10.3 Å².